The third kappa shape index (κ3) is 2.43. The fourth-order valence-corrected chi connectivity index (χ4v) is 2.17. The van der Waals surface area contributed by atoms with Gasteiger partial charge < -0.3 is 4.74 Å². The SMILES string of the molecule is COC(=O)C(Cc1ccccc1C)C1CC1. The summed E-state index contributed by atoms with van der Waals surface area (Å²) in [5, 5.41) is 0. The predicted octanol–water partition coefficient (Wildman–Crippen LogP) is 2.74. The molecule has 2 heteroatoms. The van der Waals surface area contributed by atoms with Crippen LogP contribution in [0.3, 0.4) is 0 Å². The molecule has 0 N–H and O–H groups in total. The molecule has 1 aromatic carbocycles. The van der Waals surface area contributed by atoms with Crippen molar-refractivity contribution in [1.29, 1.82) is 0 Å². The summed E-state index contributed by atoms with van der Waals surface area (Å²) in [5.74, 6) is 0.559. The molecule has 1 atom stereocenters. The van der Waals surface area contributed by atoms with Crippen molar-refractivity contribution in [2.45, 2.75) is 26.2 Å². The molecule has 0 amide bonds. The highest BCUT2D eigenvalue weighted by atomic mass is 16.5. The molecule has 0 aromatic heterocycles. The third-order valence-corrected chi connectivity index (χ3v) is 3.40. The molecule has 0 radical (unpaired) electrons. The smallest absolute Gasteiger partial charge is 0.309 e. The summed E-state index contributed by atoms with van der Waals surface area (Å²) in [6.45, 7) is 2.09. The lowest BCUT2D eigenvalue weighted by Gasteiger charge is -2.15. The first-order valence-electron chi connectivity index (χ1n) is 5.84. The van der Waals surface area contributed by atoms with Gasteiger partial charge in [-0.05, 0) is 43.2 Å². The van der Waals surface area contributed by atoms with Gasteiger partial charge in [-0.1, -0.05) is 24.3 Å². The van der Waals surface area contributed by atoms with Crippen LogP contribution in [0.25, 0.3) is 0 Å². The lowest BCUT2D eigenvalue weighted by Crippen LogP contribution is -2.21. The van der Waals surface area contributed by atoms with Crippen molar-refractivity contribution in [1.82, 2.24) is 0 Å². The maximum absolute atomic E-state index is 11.7. The van der Waals surface area contributed by atoms with Gasteiger partial charge in [0.15, 0.2) is 0 Å². The topological polar surface area (TPSA) is 26.3 Å². The fourth-order valence-electron chi connectivity index (χ4n) is 2.17. The molecule has 1 saturated carbocycles. The fraction of sp³-hybridized carbons (Fsp3) is 0.500. The standard InChI is InChI=1S/C14H18O2/c1-10-5-3-4-6-12(10)9-13(11-7-8-11)14(15)16-2/h3-6,11,13H,7-9H2,1-2H3. The first-order chi connectivity index (χ1) is 7.72. The zero-order valence-electron chi connectivity index (χ0n) is 9.90. The van der Waals surface area contributed by atoms with Crippen LogP contribution >= 0.6 is 0 Å². The molecular weight excluding hydrogens is 200 g/mol. The highest BCUT2D eigenvalue weighted by Crippen LogP contribution is 2.39. The van der Waals surface area contributed by atoms with Crippen LogP contribution in [0.4, 0.5) is 0 Å². The number of methoxy groups -OCH3 is 1. The molecule has 0 aliphatic heterocycles. The van der Waals surface area contributed by atoms with Crippen LogP contribution in [-0.2, 0) is 16.0 Å². The molecule has 1 aliphatic rings. The van der Waals surface area contributed by atoms with Crippen LogP contribution < -0.4 is 0 Å². The average molecular weight is 218 g/mol. The second-order valence-corrected chi connectivity index (χ2v) is 4.60. The molecule has 2 rings (SSSR count). The predicted molar refractivity (Wildman–Crippen MR) is 63.1 cm³/mol. The summed E-state index contributed by atoms with van der Waals surface area (Å²) in [4.78, 5) is 11.7. The lowest BCUT2D eigenvalue weighted by atomic mass is 9.92. The van der Waals surface area contributed by atoms with Gasteiger partial charge in [0.05, 0.1) is 13.0 Å². The van der Waals surface area contributed by atoms with E-state index in [4.69, 9.17) is 4.74 Å². The third-order valence-electron chi connectivity index (χ3n) is 3.40. The number of ether oxygens (including phenoxy) is 1. The highest BCUT2D eigenvalue weighted by molar-refractivity contribution is 5.73. The lowest BCUT2D eigenvalue weighted by molar-refractivity contribution is -0.146. The van der Waals surface area contributed by atoms with Gasteiger partial charge in [-0.3, -0.25) is 4.79 Å². The Bertz CT molecular complexity index is 380. The van der Waals surface area contributed by atoms with Crippen LogP contribution in [-0.4, -0.2) is 13.1 Å². The van der Waals surface area contributed by atoms with Gasteiger partial charge in [-0.15, -0.1) is 0 Å². The molecule has 16 heavy (non-hydrogen) atoms. The Morgan fingerprint density at radius 2 is 2.12 bits per heavy atom. The molecule has 1 aromatic rings. The number of esters is 1. The maximum atomic E-state index is 11.7. The molecule has 1 fully saturated rings. The highest BCUT2D eigenvalue weighted by Gasteiger charge is 2.36. The molecule has 0 bridgehead atoms. The molecule has 86 valence electrons. The van der Waals surface area contributed by atoms with Gasteiger partial charge in [0.2, 0.25) is 0 Å². The van der Waals surface area contributed by atoms with E-state index in [2.05, 4.69) is 19.1 Å². The second-order valence-electron chi connectivity index (χ2n) is 4.60. The average Bonchev–Trinajstić information content (AvgIpc) is 3.11. The number of aryl methyl sites for hydroxylation is 1. The van der Waals surface area contributed by atoms with Gasteiger partial charge >= 0.3 is 5.97 Å². The van der Waals surface area contributed by atoms with Crippen LogP contribution in [0.15, 0.2) is 24.3 Å². The van der Waals surface area contributed by atoms with Crippen LogP contribution in [0, 0.1) is 18.8 Å². The molecule has 1 aliphatic carbocycles. The number of hydrogen-bond acceptors (Lipinski definition) is 2. The van der Waals surface area contributed by atoms with Gasteiger partial charge in [-0.25, -0.2) is 0 Å². The second kappa shape index (κ2) is 4.69. The van der Waals surface area contributed by atoms with E-state index in [9.17, 15) is 4.79 Å². The van der Waals surface area contributed by atoms with Crippen LogP contribution in [0.1, 0.15) is 24.0 Å². The van der Waals surface area contributed by atoms with Crippen molar-refractivity contribution >= 4 is 5.97 Å². The van der Waals surface area contributed by atoms with E-state index < -0.39 is 0 Å². The Hall–Kier alpha value is -1.31. The Morgan fingerprint density at radius 1 is 1.44 bits per heavy atom. The first kappa shape index (κ1) is 11.2. The summed E-state index contributed by atoms with van der Waals surface area (Å²) in [5.41, 5.74) is 2.53. The summed E-state index contributed by atoms with van der Waals surface area (Å²) < 4.78 is 4.89. The number of rotatable bonds is 4. The quantitative estimate of drug-likeness (QED) is 0.726. The first-order valence-corrected chi connectivity index (χ1v) is 5.84. The van der Waals surface area contributed by atoms with E-state index in [0.717, 1.165) is 6.42 Å². The van der Waals surface area contributed by atoms with Crippen molar-refractivity contribution in [2.24, 2.45) is 11.8 Å². The summed E-state index contributed by atoms with van der Waals surface area (Å²) in [6, 6.07) is 8.26. The number of carbonyl (C=O) groups is 1. The normalized spacial score (nSPS) is 16.9. The zero-order chi connectivity index (χ0) is 11.5. The molecular formula is C14H18O2. The van der Waals surface area contributed by atoms with Gasteiger partial charge in [0.25, 0.3) is 0 Å². The summed E-state index contributed by atoms with van der Waals surface area (Å²) in [6.07, 6.45) is 3.17. The minimum absolute atomic E-state index is 0.0502. The Labute approximate surface area is 96.6 Å². The number of carbonyl (C=O) groups excluding carboxylic acids is 1. The molecule has 1 unspecified atom stereocenters. The zero-order valence-corrected chi connectivity index (χ0v) is 9.90. The molecule has 0 spiro atoms. The minimum atomic E-state index is -0.0502. The van der Waals surface area contributed by atoms with E-state index in [0.29, 0.717) is 5.92 Å². The van der Waals surface area contributed by atoms with E-state index in [-0.39, 0.29) is 11.9 Å². The Kier molecular flexibility index (Phi) is 3.28. The van der Waals surface area contributed by atoms with E-state index in [1.54, 1.807) is 0 Å². The number of hydrogen-bond donors (Lipinski definition) is 0. The van der Waals surface area contributed by atoms with E-state index in [1.165, 1.54) is 31.1 Å². The van der Waals surface area contributed by atoms with E-state index >= 15 is 0 Å². The van der Waals surface area contributed by atoms with Gasteiger partial charge in [0.1, 0.15) is 0 Å². The van der Waals surface area contributed by atoms with Crippen molar-refractivity contribution in [2.75, 3.05) is 7.11 Å². The summed E-state index contributed by atoms with van der Waals surface area (Å²) in [7, 11) is 1.48. The summed E-state index contributed by atoms with van der Waals surface area (Å²) >= 11 is 0. The van der Waals surface area contributed by atoms with Crippen molar-refractivity contribution in [3.63, 3.8) is 0 Å². The molecule has 0 heterocycles. The minimum Gasteiger partial charge on any atom is -0.469 e. The number of benzene rings is 1. The van der Waals surface area contributed by atoms with Crippen LogP contribution in [0.5, 0.6) is 0 Å². The maximum Gasteiger partial charge on any atom is 0.309 e. The van der Waals surface area contributed by atoms with Crippen molar-refractivity contribution < 1.29 is 9.53 Å². The Morgan fingerprint density at radius 3 is 2.69 bits per heavy atom. The molecule has 2 nitrogen and oxygen atoms in total. The van der Waals surface area contributed by atoms with E-state index in [1.807, 2.05) is 12.1 Å². The van der Waals surface area contributed by atoms with Crippen molar-refractivity contribution in [3.05, 3.63) is 35.4 Å². The van der Waals surface area contributed by atoms with Crippen LogP contribution in [0.2, 0.25) is 0 Å². The monoisotopic (exact) mass is 218 g/mol. The van der Waals surface area contributed by atoms with Crippen molar-refractivity contribution in [3.8, 4) is 0 Å². The van der Waals surface area contributed by atoms with Gasteiger partial charge in [-0.2, -0.15) is 0 Å². The largest absolute Gasteiger partial charge is 0.469 e. The Balaban J connectivity index is 2.11. The van der Waals surface area contributed by atoms with Gasteiger partial charge in [0, 0.05) is 0 Å². The molecule has 0 saturated heterocycles.